The zero-order chi connectivity index (χ0) is 30.7. The Morgan fingerprint density at radius 3 is 2.72 bits per heavy atom. The largest absolute Gasteiger partial charge is 0.432 e. The number of hydrogen-bond donors (Lipinski definition) is 4. The van der Waals surface area contributed by atoms with Gasteiger partial charge in [-0.05, 0) is 55.8 Å². The predicted molar refractivity (Wildman–Crippen MR) is 166 cm³/mol. The van der Waals surface area contributed by atoms with Gasteiger partial charge in [0.25, 0.3) is 5.91 Å². The number of likely N-dealkylation sites (N-methyl/N-ethyl adjacent to an activating group) is 1. The number of anilines is 2. The number of nitrogens with one attached hydrogen (secondary N) is 2. The monoisotopic (exact) mass is 604 g/mol. The van der Waals surface area contributed by atoms with Crippen LogP contribution in [0.1, 0.15) is 37.3 Å². The zero-order valence-corrected chi connectivity index (χ0v) is 26.1. The first-order valence-corrected chi connectivity index (χ1v) is 18.1. The molecule has 3 amide bonds. The molecule has 0 saturated carbocycles. The van der Waals surface area contributed by atoms with E-state index in [4.69, 9.17) is 4.74 Å². The summed E-state index contributed by atoms with van der Waals surface area (Å²) in [6, 6.07) is 13.0. The van der Waals surface area contributed by atoms with E-state index in [0.29, 0.717) is 23.5 Å². The number of ether oxygens (including phenoxy) is 1. The Kier molecular flexibility index (Phi) is 7.48. The van der Waals surface area contributed by atoms with Crippen LogP contribution in [0.15, 0.2) is 48.7 Å². The number of aliphatic hydroxyl groups excluding tert-OH is 1. The van der Waals surface area contributed by atoms with Crippen LogP contribution in [0.2, 0.25) is 18.6 Å². The molecule has 0 aliphatic carbocycles. The number of fused-ring (bicyclic) bond motifs is 3. The number of amides is 3. The Morgan fingerprint density at radius 1 is 1.21 bits per heavy atom. The summed E-state index contributed by atoms with van der Waals surface area (Å²) in [4.78, 5) is 58.6. The van der Waals surface area contributed by atoms with Crippen LogP contribution in [0.4, 0.5) is 11.4 Å². The molecule has 228 valence electrons. The molecule has 3 aliphatic rings. The molecule has 0 bridgehead atoms. The van der Waals surface area contributed by atoms with E-state index in [1.54, 1.807) is 29.0 Å². The first kappa shape index (κ1) is 29.6. The highest BCUT2D eigenvalue weighted by molar-refractivity contribution is 6.71. The van der Waals surface area contributed by atoms with Gasteiger partial charge in [0, 0.05) is 53.4 Å². The zero-order valence-electron chi connectivity index (χ0n) is 25.1. The van der Waals surface area contributed by atoms with Gasteiger partial charge in [0.15, 0.2) is 13.9 Å². The second-order valence-electron chi connectivity index (χ2n) is 12.8. The summed E-state index contributed by atoms with van der Waals surface area (Å²) in [5.41, 5.74) is 1.91. The highest BCUT2D eigenvalue weighted by atomic mass is 28.4. The molecule has 5 atom stereocenters. The van der Waals surface area contributed by atoms with Gasteiger partial charge >= 0.3 is 0 Å². The van der Waals surface area contributed by atoms with Crippen molar-refractivity contribution in [1.82, 2.24) is 9.88 Å². The first-order valence-electron chi connectivity index (χ1n) is 15.0. The molecule has 2 fully saturated rings. The van der Waals surface area contributed by atoms with E-state index in [1.807, 2.05) is 56.5 Å². The van der Waals surface area contributed by atoms with Crippen LogP contribution in [0.5, 0.6) is 0 Å². The molecule has 3 aromatic rings. The van der Waals surface area contributed by atoms with Gasteiger partial charge in [-0.2, -0.15) is 0 Å². The molecular formula is C32H40N4O6Si. The molecule has 1 spiro atoms. The summed E-state index contributed by atoms with van der Waals surface area (Å²) in [6.45, 7) is 6.06. The van der Waals surface area contributed by atoms with E-state index in [9.17, 15) is 24.3 Å². The molecule has 1 aromatic heterocycles. The summed E-state index contributed by atoms with van der Waals surface area (Å²) < 4.78 is 6.72. The second-order valence-corrected chi connectivity index (χ2v) is 16.8. The maximum Gasteiger partial charge on any atom is 0.264 e. The summed E-state index contributed by atoms with van der Waals surface area (Å²) in [5, 5.41) is 13.8. The van der Waals surface area contributed by atoms with Crippen molar-refractivity contribution in [3.8, 4) is 0 Å². The minimum atomic E-state index is -2.94. The minimum Gasteiger partial charge on any atom is -0.432 e. The predicted octanol–water partition coefficient (Wildman–Crippen LogP) is 3.50. The maximum atomic E-state index is 14.0. The quantitative estimate of drug-likeness (QED) is 0.305. The number of rotatable bonds is 7. The summed E-state index contributed by atoms with van der Waals surface area (Å²) in [6.07, 6.45) is 2.97. The molecule has 0 radical (unpaired) electrons. The number of likely N-dealkylation sites (tertiary alicyclic amines) is 1. The van der Waals surface area contributed by atoms with Gasteiger partial charge in [0.1, 0.15) is 0 Å². The number of hydrogen-bond acceptors (Lipinski definition) is 6. The van der Waals surface area contributed by atoms with E-state index in [1.165, 1.54) is 0 Å². The number of carbonyl (C=O) groups is 3. The highest BCUT2D eigenvalue weighted by Crippen LogP contribution is 2.59. The lowest BCUT2D eigenvalue weighted by Crippen LogP contribution is -2.45. The number of carbonyl (C=O) groups excluding carboxylic acids is 3. The second kappa shape index (κ2) is 10.9. The standard InChI is InChI=1S/C32H40N4O6Si/c1-19-30(43(3,4)41)27(16-29(39)36-13-7-8-22(36)18-37)42-32(19)24-15-21(11-12-26(24)35(2)31(32)40)34-28(38)14-20-17-33-25-10-6-5-9-23(20)25/h5-6,9-12,15,17,19,22,27,30,33,37,41H,7-8,13-14,16,18H2,1-4H3,(H,34,38)/t19-,22-,27+,30-,32+/m0/s1. The Morgan fingerprint density at radius 2 is 1.98 bits per heavy atom. The molecule has 2 saturated heterocycles. The van der Waals surface area contributed by atoms with Gasteiger partial charge in [-0.1, -0.05) is 25.1 Å². The van der Waals surface area contributed by atoms with Crippen molar-refractivity contribution in [2.24, 2.45) is 5.92 Å². The van der Waals surface area contributed by atoms with Gasteiger partial charge in [0.05, 0.1) is 37.3 Å². The van der Waals surface area contributed by atoms with Crippen LogP contribution < -0.4 is 10.2 Å². The molecule has 0 unspecified atom stereocenters. The lowest BCUT2D eigenvalue weighted by atomic mass is 9.82. The normalized spacial score (nSPS) is 27.0. The van der Waals surface area contributed by atoms with Gasteiger partial charge < -0.3 is 34.7 Å². The maximum absolute atomic E-state index is 14.0. The van der Waals surface area contributed by atoms with Crippen LogP contribution in [0, 0.1) is 5.92 Å². The van der Waals surface area contributed by atoms with Crippen molar-refractivity contribution in [3.63, 3.8) is 0 Å². The third-order valence-corrected chi connectivity index (χ3v) is 12.2. The average Bonchev–Trinajstić information content (AvgIpc) is 3.71. The lowest BCUT2D eigenvalue weighted by molar-refractivity contribution is -0.149. The Balaban J connectivity index is 1.30. The van der Waals surface area contributed by atoms with Crippen molar-refractivity contribution in [1.29, 1.82) is 0 Å². The fourth-order valence-corrected chi connectivity index (χ4v) is 10.3. The van der Waals surface area contributed by atoms with E-state index >= 15 is 0 Å². The van der Waals surface area contributed by atoms with Crippen LogP contribution in [0.3, 0.4) is 0 Å². The molecule has 11 heteroatoms. The molecular weight excluding hydrogens is 564 g/mol. The summed E-state index contributed by atoms with van der Waals surface area (Å²) >= 11 is 0. The van der Waals surface area contributed by atoms with Crippen molar-refractivity contribution in [2.75, 3.05) is 30.4 Å². The molecule has 3 aliphatic heterocycles. The van der Waals surface area contributed by atoms with Crippen LogP contribution in [-0.2, 0) is 31.1 Å². The molecule has 6 rings (SSSR count). The third-order valence-electron chi connectivity index (χ3n) is 9.71. The topological polar surface area (TPSA) is 135 Å². The molecule has 2 aromatic carbocycles. The van der Waals surface area contributed by atoms with Crippen LogP contribution >= 0.6 is 0 Å². The van der Waals surface area contributed by atoms with E-state index in [0.717, 1.165) is 29.3 Å². The van der Waals surface area contributed by atoms with Gasteiger partial charge in [-0.3, -0.25) is 14.4 Å². The Bertz CT molecular complexity index is 1580. The van der Waals surface area contributed by atoms with Crippen LogP contribution in [0.25, 0.3) is 10.9 Å². The van der Waals surface area contributed by atoms with Crippen molar-refractivity contribution in [2.45, 2.75) is 69.0 Å². The first-order chi connectivity index (χ1) is 20.5. The molecule has 4 heterocycles. The van der Waals surface area contributed by atoms with E-state index in [2.05, 4.69) is 10.3 Å². The van der Waals surface area contributed by atoms with Gasteiger partial charge in [-0.15, -0.1) is 0 Å². The van der Waals surface area contributed by atoms with Crippen LogP contribution in [-0.4, -0.2) is 78.2 Å². The average molecular weight is 605 g/mol. The summed E-state index contributed by atoms with van der Waals surface area (Å²) in [5.74, 6) is -0.986. The van der Waals surface area contributed by atoms with Gasteiger partial charge in [0.2, 0.25) is 11.8 Å². The number of para-hydroxylation sites is 1. The van der Waals surface area contributed by atoms with Crippen molar-refractivity contribution in [3.05, 3.63) is 59.8 Å². The Labute approximate surface area is 252 Å². The number of benzene rings is 2. The number of aliphatic hydroxyl groups is 1. The number of aromatic amines is 1. The number of nitrogens with zero attached hydrogens (tertiary/aromatic N) is 2. The minimum absolute atomic E-state index is 0.0254. The number of H-pyrrole nitrogens is 1. The highest BCUT2D eigenvalue weighted by Gasteiger charge is 2.66. The third kappa shape index (κ3) is 4.88. The molecule has 10 nitrogen and oxygen atoms in total. The van der Waals surface area contributed by atoms with E-state index in [-0.39, 0.29) is 43.2 Å². The molecule has 4 N–H and O–H groups in total. The Hall–Kier alpha value is -3.51. The molecule has 43 heavy (non-hydrogen) atoms. The van der Waals surface area contributed by atoms with Crippen molar-refractivity contribution < 1.29 is 29.0 Å². The SMILES string of the molecule is C[C@H]1[C@H]([Si](C)(C)O)[C@@H](CC(=O)N2CCC[C@H]2CO)O[C@]12C(=O)N(C)c1ccc(NC(=O)Cc3c[nH]c4ccccc34)cc12. The van der Waals surface area contributed by atoms with Crippen molar-refractivity contribution >= 4 is 48.3 Å². The fraction of sp³-hybridized carbons (Fsp3) is 0.469. The van der Waals surface area contributed by atoms with E-state index < -0.39 is 31.5 Å². The van der Waals surface area contributed by atoms with Gasteiger partial charge in [-0.25, -0.2) is 0 Å². The number of aromatic nitrogens is 1. The smallest absolute Gasteiger partial charge is 0.264 e. The fourth-order valence-electron chi connectivity index (χ4n) is 7.76. The summed E-state index contributed by atoms with van der Waals surface area (Å²) in [7, 11) is -1.24. The lowest BCUT2D eigenvalue weighted by Gasteiger charge is -2.32.